The van der Waals surface area contributed by atoms with Crippen molar-refractivity contribution in [2.24, 2.45) is 23.7 Å². The van der Waals surface area contributed by atoms with Crippen molar-refractivity contribution in [3.05, 3.63) is 12.2 Å². The molecular weight excluding hydrogens is 314 g/mol. The Morgan fingerprint density at radius 2 is 1.40 bits per heavy atom. The lowest BCUT2D eigenvalue weighted by Gasteiger charge is -2.23. The lowest BCUT2D eigenvalue weighted by atomic mass is 9.82. The molecule has 2 aliphatic carbocycles. The number of fused-ring (bicyclic) bond motifs is 2. The zero-order valence-corrected chi connectivity index (χ0v) is 15.7. The summed E-state index contributed by atoms with van der Waals surface area (Å²) in [5, 5.41) is 12.4. The van der Waals surface area contributed by atoms with Gasteiger partial charge in [-0.1, -0.05) is 76.9 Å². The first-order chi connectivity index (χ1) is 12.1. The second-order valence-corrected chi connectivity index (χ2v) is 7.81. The SMILES string of the molecule is CCCCCCCCCCCCNC(=O)[C@H]1[C@H](C(=O)O)[C@H]2C=C[C@H]1C2. The minimum absolute atomic E-state index is 0.0515. The second kappa shape index (κ2) is 10.6. The van der Waals surface area contributed by atoms with Crippen LogP contribution in [0.25, 0.3) is 0 Å². The van der Waals surface area contributed by atoms with Crippen LogP contribution in [-0.4, -0.2) is 23.5 Å². The third-order valence-electron chi connectivity index (χ3n) is 5.88. The summed E-state index contributed by atoms with van der Waals surface area (Å²) in [5.74, 6) is -1.59. The third kappa shape index (κ3) is 5.86. The predicted octanol–water partition coefficient (Wildman–Crippen LogP) is 4.55. The minimum Gasteiger partial charge on any atom is -0.481 e. The van der Waals surface area contributed by atoms with E-state index < -0.39 is 11.9 Å². The maximum absolute atomic E-state index is 12.4. The molecule has 4 nitrogen and oxygen atoms in total. The summed E-state index contributed by atoms with van der Waals surface area (Å²) in [6.45, 7) is 2.92. The van der Waals surface area contributed by atoms with E-state index in [1.54, 1.807) is 0 Å². The van der Waals surface area contributed by atoms with Crippen molar-refractivity contribution >= 4 is 11.9 Å². The maximum atomic E-state index is 12.4. The van der Waals surface area contributed by atoms with E-state index in [1.807, 2.05) is 12.2 Å². The molecule has 1 saturated carbocycles. The standard InChI is InChI=1S/C21H35NO3/c1-2-3-4-5-6-7-8-9-10-11-14-22-20(23)18-16-12-13-17(15-16)19(18)21(24)25/h12-13,16-19H,2-11,14-15H2,1H3,(H,22,23)(H,24,25)/t16-,17-,18+,19+/m0/s1. The van der Waals surface area contributed by atoms with Gasteiger partial charge in [0, 0.05) is 6.54 Å². The number of rotatable bonds is 13. The maximum Gasteiger partial charge on any atom is 0.307 e. The van der Waals surface area contributed by atoms with Crippen molar-refractivity contribution in [3.63, 3.8) is 0 Å². The summed E-state index contributed by atoms with van der Waals surface area (Å²) in [5.41, 5.74) is 0. The van der Waals surface area contributed by atoms with Gasteiger partial charge in [-0.2, -0.15) is 0 Å². The van der Waals surface area contributed by atoms with Gasteiger partial charge < -0.3 is 10.4 Å². The molecule has 0 heterocycles. The molecule has 2 aliphatic rings. The molecule has 2 rings (SSSR count). The molecule has 2 N–H and O–H groups in total. The van der Waals surface area contributed by atoms with Crippen LogP contribution >= 0.6 is 0 Å². The molecule has 0 unspecified atom stereocenters. The zero-order chi connectivity index (χ0) is 18.1. The molecule has 142 valence electrons. The van der Waals surface area contributed by atoms with E-state index in [1.165, 1.54) is 51.4 Å². The molecular formula is C21H35NO3. The van der Waals surface area contributed by atoms with Crippen molar-refractivity contribution in [3.8, 4) is 0 Å². The van der Waals surface area contributed by atoms with Crippen LogP contribution in [0.3, 0.4) is 0 Å². The number of hydrogen-bond acceptors (Lipinski definition) is 2. The lowest BCUT2D eigenvalue weighted by Crippen LogP contribution is -2.40. The number of carbonyl (C=O) groups excluding carboxylic acids is 1. The van der Waals surface area contributed by atoms with Gasteiger partial charge in [0.25, 0.3) is 0 Å². The summed E-state index contributed by atoms with van der Waals surface area (Å²) >= 11 is 0. The Morgan fingerprint density at radius 1 is 0.880 bits per heavy atom. The Morgan fingerprint density at radius 3 is 1.96 bits per heavy atom. The molecule has 0 aromatic rings. The molecule has 25 heavy (non-hydrogen) atoms. The van der Waals surface area contributed by atoms with Crippen LogP contribution in [-0.2, 0) is 9.59 Å². The second-order valence-electron chi connectivity index (χ2n) is 7.81. The van der Waals surface area contributed by atoms with E-state index in [4.69, 9.17) is 0 Å². The van der Waals surface area contributed by atoms with E-state index in [9.17, 15) is 14.7 Å². The molecule has 1 amide bonds. The number of carbonyl (C=O) groups is 2. The fourth-order valence-corrected chi connectivity index (χ4v) is 4.46. The smallest absolute Gasteiger partial charge is 0.307 e. The Hall–Kier alpha value is -1.32. The summed E-state index contributed by atoms with van der Waals surface area (Å²) in [6, 6.07) is 0. The van der Waals surface area contributed by atoms with Gasteiger partial charge in [-0.15, -0.1) is 0 Å². The fourth-order valence-electron chi connectivity index (χ4n) is 4.46. The average Bonchev–Trinajstić information content (AvgIpc) is 3.20. The Labute approximate surface area is 152 Å². The first-order valence-electron chi connectivity index (χ1n) is 10.3. The van der Waals surface area contributed by atoms with Crippen molar-refractivity contribution in [2.45, 2.75) is 77.6 Å². The van der Waals surface area contributed by atoms with Gasteiger partial charge in [-0.25, -0.2) is 0 Å². The molecule has 0 spiro atoms. The van der Waals surface area contributed by atoms with Crippen LogP contribution in [0.15, 0.2) is 12.2 Å². The van der Waals surface area contributed by atoms with Gasteiger partial charge >= 0.3 is 5.97 Å². The molecule has 0 saturated heterocycles. The van der Waals surface area contributed by atoms with Crippen molar-refractivity contribution < 1.29 is 14.7 Å². The highest BCUT2D eigenvalue weighted by atomic mass is 16.4. The molecule has 0 aromatic carbocycles. The van der Waals surface area contributed by atoms with Gasteiger partial charge in [0.1, 0.15) is 0 Å². The van der Waals surface area contributed by atoms with Gasteiger partial charge in [0.2, 0.25) is 5.91 Å². The number of carboxylic acids is 1. The molecule has 0 aliphatic heterocycles. The normalized spacial score (nSPS) is 26.9. The number of unbranched alkanes of at least 4 members (excludes halogenated alkanes) is 9. The van der Waals surface area contributed by atoms with Crippen molar-refractivity contribution in [1.29, 1.82) is 0 Å². The van der Waals surface area contributed by atoms with Crippen molar-refractivity contribution in [1.82, 2.24) is 5.32 Å². The van der Waals surface area contributed by atoms with E-state index in [-0.39, 0.29) is 23.7 Å². The highest BCUT2D eigenvalue weighted by molar-refractivity contribution is 5.86. The molecule has 0 radical (unpaired) electrons. The fraction of sp³-hybridized carbons (Fsp3) is 0.810. The van der Waals surface area contributed by atoms with Crippen LogP contribution in [0, 0.1) is 23.7 Å². The van der Waals surface area contributed by atoms with E-state index in [0.29, 0.717) is 6.54 Å². The topological polar surface area (TPSA) is 66.4 Å². The summed E-state index contributed by atoms with van der Waals surface area (Å²) in [6.07, 6.45) is 17.6. The van der Waals surface area contributed by atoms with Crippen LogP contribution < -0.4 is 5.32 Å². The Kier molecular flexibility index (Phi) is 8.50. The van der Waals surface area contributed by atoms with Gasteiger partial charge in [0.05, 0.1) is 11.8 Å². The number of aliphatic carboxylic acids is 1. The van der Waals surface area contributed by atoms with Crippen molar-refractivity contribution in [2.75, 3.05) is 6.54 Å². The quantitative estimate of drug-likeness (QED) is 0.379. The molecule has 4 atom stereocenters. The number of carboxylic acid groups (broad SMARTS) is 1. The van der Waals surface area contributed by atoms with Gasteiger partial charge in [-0.05, 0) is 24.7 Å². The van der Waals surface area contributed by atoms with Crippen LogP contribution in [0.1, 0.15) is 77.6 Å². The van der Waals surface area contributed by atoms with Crippen LogP contribution in [0.2, 0.25) is 0 Å². The average molecular weight is 350 g/mol. The van der Waals surface area contributed by atoms with E-state index in [2.05, 4.69) is 12.2 Å². The lowest BCUT2D eigenvalue weighted by molar-refractivity contribution is -0.147. The van der Waals surface area contributed by atoms with Gasteiger partial charge in [0.15, 0.2) is 0 Å². The van der Waals surface area contributed by atoms with Crippen LogP contribution in [0.5, 0.6) is 0 Å². The highest BCUT2D eigenvalue weighted by Gasteiger charge is 2.51. The molecule has 2 bridgehead atoms. The monoisotopic (exact) mass is 349 g/mol. The van der Waals surface area contributed by atoms with Gasteiger partial charge in [-0.3, -0.25) is 9.59 Å². The first-order valence-corrected chi connectivity index (χ1v) is 10.3. The summed E-state index contributed by atoms with van der Waals surface area (Å²) < 4.78 is 0. The van der Waals surface area contributed by atoms with Crippen LogP contribution in [0.4, 0.5) is 0 Å². The zero-order valence-electron chi connectivity index (χ0n) is 15.7. The minimum atomic E-state index is -0.823. The largest absolute Gasteiger partial charge is 0.481 e. The van der Waals surface area contributed by atoms with E-state index in [0.717, 1.165) is 19.3 Å². The molecule has 1 fully saturated rings. The predicted molar refractivity (Wildman–Crippen MR) is 100 cm³/mol. The molecule has 4 heteroatoms. The number of hydrogen-bond donors (Lipinski definition) is 2. The highest BCUT2D eigenvalue weighted by Crippen LogP contribution is 2.48. The first kappa shape index (κ1) is 20.0. The molecule has 0 aromatic heterocycles. The Balaban J connectivity index is 1.52. The number of nitrogens with one attached hydrogen (secondary N) is 1. The number of amides is 1. The van der Waals surface area contributed by atoms with E-state index >= 15 is 0 Å². The summed E-state index contributed by atoms with van der Waals surface area (Å²) in [7, 11) is 0. The Bertz CT molecular complexity index is 460. The number of allylic oxidation sites excluding steroid dienone is 2. The summed E-state index contributed by atoms with van der Waals surface area (Å²) in [4.78, 5) is 23.9. The third-order valence-corrected chi connectivity index (χ3v) is 5.88.